The second-order valence-electron chi connectivity index (χ2n) is 1.81. The van der Waals surface area contributed by atoms with Gasteiger partial charge in [-0.1, -0.05) is 0 Å². The quantitative estimate of drug-likeness (QED) is 0.615. The largest absolute Gasteiger partial charge is 0.295 e. The predicted octanol–water partition coefficient (Wildman–Crippen LogP) is 1.73. The van der Waals surface area contributed by atoms with Crippen LogP contribution < -0.4 is 0 Å². The first-order valence-electron chi connectivity index (χ1n) is 2.75. The van der Waals surface area contributed by atoms with Gasteiger partial charge in [0.25, 0.3) is 0 Å². The highest BCUT2D eigenvalue weighted by molar-refractivity contribution is 7.13. The second kappa shape index (κ2) is 2.88. The number of nitrogens with zero attached hydrogens (tertiary/aromatic N) is 1. The monoisotopic (exact) mass is 159 g/mol. The lowest BCUT2D eigenvalue weighted by molar-refractivity contribution is 0.112. The van der Waals surface area contributed by atoms with Crippen LogP contribution in [0.4, 0.5) is 4.39 Å². The highest BCUT2D eigenvalue weighted by Crippen LogP contribution is 2.16. The molecule has 1 heterocycles. The molecule has 0 bridgehead atoms. The Hall–Kier alpha value is -0.770. The number of rotatable bonds is 2. The summed E-state index contributed by atoms with van der Waals surface area (Å²) in [7, 11) is 0. The van der Waals surface area contributed by atoms with Crippen molar-refractivity contribution >= 4 is 17.6 Å². The molecular weight excluding hydrogens is 153 g/mol. The fourth-order valence-electron chi connectivity index (χ4n) is 0.625. The number of hydrogen-bond donors (Lipinski definition) is 0. The first kappa shape index (κ1) is 7.34. The summed E-state index contributed by atoms with van der Waals surface area (Å²) in [4.78, 5) is 14.5. The van der Waals surface area contributed by atoms with Gasteiger partial charge in [0.05, 0.1) is 10.6 Å². The minimum atomic E-state index is -0.530. The summed E-state index contributed by atoms with van der Waals surface area (Å²) in [5.74, 6) is 0. The molecule has 0 atom stereocenters. The van der Waals surface area contributed by atoms with Crippen molar-refractivity contribution in [3.8, 4) is 0 Å². The maximum absolute atomic E-state index is 12.0. The molecule has 0 saturated carbocycles. The summed E-state index contributed by atoms with van der Waals surface area (Å²) in [5, 5.41) is 0.352. The van der Waals surface area contributed by atoms with Crippen LogP contribution in [0.2, 0.25) is 0 Å². The Morgan fingerprint density at radius 3 is 2.80 bits per heavy atom. The number of carbonyl (C=O) groups excluding carboxylic acids is 1. The third kappa shape index (κ3) is 1.21. The molecule has 2 nitrogen and oxygen atoms in total. The highest BCUT2D eigenvalue weighted by Gasteiger charge is 2.04. The van der Waals surface area contributed by atoms with Crippen molar-refractivity contribution in [2.75, 3.05) is 0 Å². The van der Waals surface area contributed by atoms with E-state index in [4.69, 9.17) is 0 Å². The number of carbonyl (C=O) groups is 1. The minimum absolute atomic E-state index is 0.352. The zero-order valence-corrected chi connectivity index (χ0v) is 6.24. The van der Waals surface area contributed by atoms with Gasteiger partial charge in [-0.15, -0.1) is 11.3 Å². The third-order valence-corrected chi connectivity index (χ3v) is 2.18. The van der Waals surface area contributed by atoms with Crippen LogP contribution in [-0.2, 0) is 6.67 Å². The van der Waals surface area contributed by atoms with Crippen LogP contribution in [0.25, 0.3) is 0 Å². The molecule has 0 radical (unpaired) electrons. The van der Waals surface area contributed by atoms with Gasteiger partial charge >= 0.3 is 0 Å². The molecule has 1 rings (SSSR count). The SMILES string of the molecule is Cc1nc(C=O)sc1CF. The molecule has 4 heteroatoms. The van der Waals surface area contributed by atoms with Gasteiger partial charge in [-0.2, -0.15) is 0 Å². The maximum Gasteiger partial charge on any atom is 0.178 e. The predicted molar refractivity (Wildman–Crippen MR) is 37.1 cm³/mol. The Balaban J connectivity index is 3.03. The minimum Gasteiger partial charge on any atom is -0.295 e. The van der Waals surface area contributed by atoms with Crippen molar-refractivity contribution in [1.29, 1.82) is 0 Å². The molecule has 54 valence electrons. The summed E-state index contributed by atoms with van der Waals surface area (Å²) >= 11 is 1.11. The average molecular weight is 159 g/mol. The van der Waals surface area contributed by atoms with Crippen LogP contribution in [0.15, 0.2) is 0 Å². The van der Waals surface area contributed by atoms with Gasteiger partial charge in [-0.05, 0) is 6.92 Å². The molecule has 0 unspecified atom stereocenters. The Morgan fingerprint density at radius 2 is 2.50 bits per heavy atom. The van der Waals surface area contributed by atoms with E-state index in [0.29, 0.717) is 21.9 Å². The van der Waals surface area contributed by atoms with Gasteiger partial charge in [0.1, 0.15) is 6.67 Å². The fraction of sp³-hybridized carbons (Fsp3) is 0.333. The van der Waals surface area contributed by atoms with Crippen LogP contribution in [0.3, 0.4) is 0 Å². The van der Waals surface area contributed by atoms with E-state index in [1.807, 2.05) is 0 Å². The number of halogens is 1. The molecule has 0 spiro atoms. The zero-order chi connectivity index (χ0) is 7.56. The van der Waals surface area contributed by atoms with E-state index < -0.39 is 6.67 Å². The molecule has 0 aliphatic carbocycles. The van der Waals surface area contributed by atoms with Crippen molar-refractivity contribution in [1.82, 2.24) is 4.98 Å². The summed E-state index contributed by atoms with van der Waals surface area (Å²) in [6.07, 6.45) is 0.636. The van der Waals surface area contributed by atoms with Gasteiger partial charge in [0, 0.05) is 0 Å². The van der Waals surface area contributed by atoms with E-state index in [0.717, 1.165) is 11.3 Å². The fourth-order valence-corrected chi connectivity index (χ4v) is 1.36. The van der Waals surface area contributed by atoms with Gasteiger partial charge in [0.15, 0.2) is 11.3 Å². The highest BCUT2D eigenvalue weighted by atomic mass is 32.1. The van der Waals surface area contributed by atoms with E-state index in [2.05, 4.69) is 4.98 Å². The van der Waals surface area contributed by atoms with E-state index in [1.54, 1.807) is 6.92 Å². The lowest BCUT2D eigenvalue weighted by Gasteiger charge is -1.82. The lowest BCUT2D eigenvalue weighted by atomic mass is 10.4. The summed E-state index contributed by atoms with van der Waals surface area (Å²) < 4.78 is 12.0. The lowest BCUT2D eigenvalue weighted by Crippen LogP contribution is -1.78. The van der Waals surface area contributed by atoms with E-state index in [-0.39, 0.29) is 0 Å². The van der Waals surface area contributed by atoms with Gasteiger partial charge in [-0.25, -0.2) is 9.37 Å². The molecular formula is C6H6FNOS. The number of thiazole rings is 1. The molecule has 0 aromatic carbocycles. The van der Waals surface area contributed by atoms with Crippen LogP contribution >= 0.6 is 11.3 Å². The number of hydrogen-bond acceptors (Lipinski definition) is 3. The zero-order valence-electron chi connectivity index (χ0n) is 5.43. The Labute approximate surface area is 61.7 Å². The first-order valence-corrected chi connectivity index (χ1v) is 3.57. The normalized spacial score (nSPS) is 9.80. The number of alkyl halides is 1. The van der Waals surface area contributed by atoms with Crippen LogP contribution in [0.5, 0.6) is 0 Å². The van der Waals surface area contributed by atoms with E-state index in [1.165, 1.54) is 0 Å². The Bertz CT molecular complexity index is 246. The molecule has 0 saturated heterocycles. The molecule has 0 aliphatic rings. The van der Waals surface area contributed by atoms with Crippen LogP contribution in [-0.4, -0.2) is 11.3 Å². The number of aryl methyl sites for hydroxylation is 1. The third-order valence-electron chi connectivity index (χ3n) is 1.13. The smallest absolute Gasteiger partial charge is 0.178 e. The summed E-state index contributed by atoms with van der Waals surface area (Å²) in [6.45, 7) is 1.16. The van der Waals surface area contributed by atoms with Crippen molar-refractivity contribution in [2.24, 2.45) is 0 Å². The summed E-state index contributed by atoms with van der Waals surface area (Å²) in [5.41, 5.74) is 0.620. The number of aldehydes is 1. The molecule has 0 N–H and O–H groups in total. The second-order valence-corrected chi connectivity index (χ2v) is 2.93. The van der Waals surface area contributed by atoms with Gasteiger partial charge in [0.2, 0.25) is 0 Å². The standard InChI is InChI=1S/C6H6FNOS/c1-4-5(2-7)10-6(3-9)8-4/h3H,2H2,1H3. The summed E-state index contributed by atoms with van der Waals surface area (Å²) in [6, 6.07) is 0. The Kier molecular flexibility index (Phi) is 2.11. The maximum atomic E-state index is 12.0. The van der Waals surface area contributed by atoms with Crippen LogP contribution in [0.1, 0.15) is 20.4 Å². The van der Waals surface area contributed by atoms with E-state index >= 15 is 0 Å². The molecule has 1 aromatic heterocycles. The first-order chi connectivity index (χ1) is 4.77. The molecule has 0 amide bonds. The molecule has 0 aliphatic heterocycles. The molecule has 0 fully saturated rings. The van der Waals surface area contributed by atoms with Crippen molar-refractivity contribution in [3.05, 3.63) is 15.6 Å². The topological polar surface area (TPSA) is 30.0 Å². The van der Waals surface area contributed by atoms with Crippen molar-refractivity contribution in [2.45, 2.75) is 13.6 Å². The number of aromatic nitrogens is 1. The van der Waals surface area contributed by atoms with Crippen molar-refractivity contribution < 1.29 is 9.18 Å². The molecule has 1 aromatic rings. The average Bonchev–Trinajstić information content (AvgIpc) is 2.30. The van der Waals surface area contributed by atoms with Crippen LogP contribution in [0, 0.1) is 6.92 Å². The Morgan fingerprint density at radius 1 is 1.80 bits per heavy atom. The van der Waals surface area contributed by atoms with E-state index in [9.17, 15) is 9.18 Å². The molecule has 10 heavy (non-hydrogen) atoms. The van der Waals surface area contributed by atoms with Crippen molar-refractivity contribution in [3.63, 3.8) is 0 Å². The van der Waals surface area contributed by atoms with Gasteiger partial charge in [-0.3, -0.25) is 4.79 Å². The van der Waals surface area contributed by atoms with Gasteiger partial charge < -0.3 is 0 Å².